The van der Waals surface area contributed by atoms with Crippen molar-refractivity contribution in [3.63, 3.8) is 0 Å². The Kier molecular flexibility index (Phi) is 8.20. The highest BCUT2D eigenvalue weighted by molar-refractivity contribution is 7.51. The van der Waals surface area contributed by atoms with E-state index in [4.69, 9.17) is 36.4 Å². The van der Waals surface area contributed by atoms with Crippen LogP contribution in [0, 0.1) is 18.3 Å². The van der Waals surface area contributed by atoms with Crippen LogP contribution in [0.4, 0.5) is 0 Å². The molecule has 10 heteroatoms. The third kappa shape index (κ3) is 5.03. The fraction of sp³-hybridized carbons (Fsp3) is 0.0800. The Balaban J connectivity index is 0.00000108. The quantitative estimate of drug-likeness (QED) is 0.258. The van der Waals surface area contributed by atoms with Gasteiger partial charge in [-0.3, -0.25) is 4.79 Å². The molecule has 0 saturated carbocycles. The first-order valence-electron chi connectivity index (χ1n) is 9.93. The first kappa shape index (κ1) is 25.8. The van der Waals surface area contributed by atoms with Gasteiger partial charge in [0.1, 0.15) is 0 Å². The molecule has 176 valence electrons. The molecule has 3 aromatic carbocycles. The van der Waals surface area contributed by atoms with Crippen LogP contribution in [0.5, 0.6) is 0 Å². The Morgan fingerprint density at radius 1 is 1.03 bits per heavy atom. The number of halogens is 2. The molecule has 1 heterocycles. The highest BCUT2D eigenvalue weighted by Gasteiger charge is 2.26. The fourth-order valence-corrected chi connectivity index (χ4v) is 4.35. The normalized spacial score (nSPS) is 10.1. The van der Waals surface area contributed by atoms with Gasteiger partial charge < -0.3 is 9.30 Å². The maximum absolute atomic E-state index is 13.8. The third-order valence-electron chi connectivity index (χ3n) is 5.23. The molecule has 0 bridgehead atoms. The number of aromatic nitrogens is 1. The monoisotopic (exact) mass is 526 g/mol. The van der Waals surface area contributed by atoms with Crippen molar-refractivity contribution in [2.24, 2.45) is 0 Å². The maximum Gasteiger partial charge on any atom is 0.339 e. The van der Waals surface area contributed by atoms with Crippen LogP contribution in [0.3, 0.4) is 0 Å². The second-order valence-corrected chi connectivity index (χ2v) is 8.13. The highest BCUT2D eigenvalue weighted by Crippen LogP contribution is 2.34. The number of rotatable bonds is 4. The molecule has 0 fully saturated rings. The average molecular weight is 527 g/mol. The molecular formula is C25H16Cl2N2O5S. The molecular weight excluding hydrogens is 511 g/mol. The number of para-hydroxylation sites is 1. The minimum atomic E-state index is -0.750. The number of ether oxygens (including phenoxy) is 1. The summed E-state index contributed by atoms with van der Waals surface area (Å²) in [4.78, 5) is 25.9. The smallest absolute Gasteiger partial charge is 0.339 e. The van der Waals surface area contributed by atoms with Crippen molar-refractivity contribution >= 4 is 57.4 Å². The van der Waals surface area contributed by atoms with E-state index in [2.05, 4.69) is 6.07 Å². The molecule has 35 heavy (non-hydrogen) atoms. The van der Waals surface area contributed by atoms with Crippen molar-refractivity contribution in [2.45, 2.75) is 6.92 Å². The Hall–Kier alpha value is -3.77. The first-order valence-corrected chi connectivity index (χ1v) is 11.4. The zero-order valence-corrected chi connectivity index (χ0v) is 20.7. The van der Waals surface area contributed by atoms with E-state index in [-0.39, 0.29) is 21.2 Å². The van der Waals surface area contributed by atoms with E-state index in [0.717, 1.165) is 16.6 Å². The number of carbonyl (C=O) groups excluding carboxylic acids is 2. The van der Waals surface area contributed by atoms with Gasteiger partial charge in [0.2, 0.25) is 5.78 Å². The van der Waals surface area contributed by atoms with Gasteiger partial charge in [-0.15, -0.1) is 0 Å². The van der Waals surface area contributed by atoms with Gasteiger partial charge in [-0.2, -0.15) is 13.7 Å². The zero-order valence-electron chi connectivity index (χ0n) is 18.4. The molecule has 0 radical (unpaired) electrons. The van der Waals surface area contributed by atoms with E-state index < -0.39 is 23.3 Å². The number of fused-ring (bicyclic) bond motifs is 1. The van der Waals surface area contributed by atoms with Crippen molar-refractivity contribution < 1.29 is 22.7 Å². The minimum absolute atomic E-state index is 0.00869. The van der Waals surface area contributed by atoms with E-state index in [1.54, 1.807) is 22.8 Å². The number of hydrogen-bond donors (Lipinski definition) is 0. The number of carbonyl (C=O) groups is 2. The maximum atomic E-state index is 13.8. The average Bonchev–Trinajstić information content (AvgIpc) is 3.24. The number of benzene rings is 3. The number of hydrogen-bond acceptors (Lipinski definition) is 6. The molecule has 0 atom stereocenters. The molecule has 0 amide bonds. The summed E-state index contributed by atoms with van der Waals surface area (Å²) in [5, 5.41) is 10.3. The molecule has 1 aromatic heterocycles. The molecule has 4 aromatic rings. The van der Waals surface area contributed by atoms with Gasteiger partial charge in [0.25, 0.3) is 0 Å². The summed E-state index contributed by atoms with van der Waals surface area (Å²) in [7, 11) is 1.23. The van der Waals surface area contributed by atoms with Crippen molar-refractivity contribution in [3.8, 4) is 11.8 Å². The van der Waals surface area contributed by atoms with E-state index in [1.807, 2.05) is 37.3 Å². The predicted octanol–water partition coefficient (Wildman–Crippen LogP) is 5.46. The van der Waals surface area contributed by atoms with Gasteiger partial charge >= 0.3 is 17.5 Å². The summed E-state index contributed by atoms with van der Waals surface area (Å²) in [6.45, 7) is 1.88. The number of methoxy groups -OCH3 is 1. The second kappa shape index (κ2) is 11.1. The van der Waals surface area contributed by atoms with Crippen LogP contribution < -0.4 is 0 Å². The molecule has 0 N–H and O–H groups in total. The SMILES string of the molecule is COC(=O)c1ccc(Cl)c(C(=O)c2cc3c(C)cc(C#N)cc3n2-c2ccccc2)c1Cl.O=S=O. The van der Waals surface area contributed by atoms with Crippen LogP contribution in [-0.2, 0) is 16.3 Å². The lowest BCUT2D eigenvalue weighted by molar-refractivity contribution is 0.0601. The van der Waals surface area contributed by atoms with Crippen molar-refractivity contribution in [1.29, 1.82) is 5.26 Å². The number of ketones is 1. The molecule has 0 saturated heterocycles. The van der Waals surface area contributed by atoms with Crippen molar-refractivity contribution in [3.05, 3.63) is 98.7 Å². The Bertz CT molecular complexity index is 1540. The molecule has 0 spiro atoms. The summed E-state index contributed by atoms with van der Waals surface area (Å²) in [6, 6.07) is 19.6. The third-order valence-corrected chi connectivity index (χ3v) is 5.94. The van der Waals surface area contributed by atoms with E-state index >= 15 is 0 Å². The van der Waals surface area contributed by atoms with Crippen LogP contribution in [0.25, 0.3) is 16.6 Å². The Morgan fingerprint density at radius 3 is 2.29 bits per heavy atom. The van der Waals surface area contributed by atoms with Crippen molar-refractivity contribution in [1.82, 2.24) is 4.57 Å². The second-order valence-electron chi connectivity index (χ2n) is 7.21. The molecule has 7 nitrogen and oxygen atoms in total. The molecule has 0 aliphatic carbocycles. The minimum Gasteiger partial charge on any atom is -0.465 e. The van der Waals surface area contributed by atoms with Gasteiger partial charge in [-0.25, -0.2) is 4.79 Å². The standard InChI is InChI=1S/C25H16Cl2N2O3.O2S/c1-14-10-15(13-28)11-20-18(14)12-21(29(20)16-6-4-3-5-7-16)24(30)22-19(26)9-8-17(23(22)27)25(31)32-2;1-3-2/h3-12H,1-2H3;. The largest absolute Gasteiger partial charge is 0.465 e. The van der Waals surface area contributed by atoms with Crippen molar-refractivity contribution in [2.75, 3.05) is 7.11 Å². The van der Waals surface area contributed by atoms with Gasteiger partial charge in [0.15, 0.2) is 0 Å². The Morgan fingerprint density at radius 2 is 1.69 bits per heavy atom. The summed E-state index contributed by atoms with van der Waals surface area (Å²) in [6.07, 6.45) is 0. The predicted molar refractivity (Wildman–Crippen MR) is 133 cm³/mol. The van der Waals surface area contributed by atoms with Gasteiger partial charge in [-0.05, 0) is 55.0 Å². The molecule has 0 unspecified atom stereocenters. The van der Waals surface area contributed by atoms with E-state index in [9.17, 15) is 14.9 Å². The van der Waals surface area contributed by atoms with E-state index in [1.165, 1.54) is 19.2 Å². The van der Waals surface area contributed by atoms with Gasteiger partial charge in [0.05, 0.1) is 51.1 Å². The lowest BCUT2D eigenvalue weighted by atomic mass is 10.0. The molecule has 0 aliphatic rings. The topological polar surface area (TPSA) is 106 Å². The first-order chi connectivity index (χ1) is 16.8. The lowest BCUT2D eigenvalue weighted by Gasteiger charge is -2.13. The molecule has 0 aliphatic heterocycles. The summed E-state index contributed by atoms with van der Waals surface area (Å²) in [5.41, 5.74) is 3.12. The highest BCUT2D eigenvalue weighted by atomic mass is 35.5. The number of nitrogens with zero attached hydrogens (tertiary/aromatic N) is 2. The van der Waals surface area contributed by atoms with Crippen LogP contribution in [-0.4, -0.2) is 31.8 Å². The van der Waals surface area contributed by atoms with Crippen LogP contribution >= 0.6 is 23.2 Å². The van der Waals surface area contributed by atoms with Gasteiger partial charge in [0, 0.05) is 11.1 Å². The number of nitriles is 1. The number of esters is 1. The van der Waals surface area contributed by atoms with Crippen LogP contribution in [0.2, 0.25) is 10.0 Å². The van der Waals surface area contributed by atoms with Crippen LogP contribution in [0.15, 0.2) is 60.7 Å². The van der Waals surface area contributed by atoms with E-state index in [0.29, 0.717) is 16.8 Å². The summed E-state index contributed by atoms with van der Waals surface area (Å²) < 4.78 is 23.1. The Labute approximate surface area is 214 Å². The summed E-state index contributed by atoms with van der Waals surface area (Å²) >= 11 is 12.1. The van der Waals surface area contributed by atoms with Gasteiger partial charge in [-0.1, -0.05) is 41.4 Å². The molecule has 4 rings (SSSR count). The zero-order chi connectivity index (χ0) is 25.7. The fourth-order valence-electron chi connectivity index (χ4n) is 3.73. The summed E-state index contributed by atoms with van der Waals surface area (Å²) in [5.74, 6) is -1.12. The number of aryl methyl sites for hydroxylation is 1. The lowest BCUT2D eigenvalue weighted by Crippen LogP contribution is -2.12. The van der Waals surface area contributed by atoms with Crippen LogP contribution in [0.1, 0.15) is 37.5 Å².